The lowest BCUT2D eigenvalue weighted by molar-refractivity contribution is 0.304. The molecule has 0 spiro atoms. The molecule has 2 aliphatic rings. The Balaban J connectivity index is 1.17. The van der Waals surface area contributed by atoms with Crippen molar-refractivity contribution in [2.45, 2.75) is 181 Å². The van der Waals surface area contributed by atoms with Crippen molar-refractivity contribution in [3.05, 3.63) is 129 Å². The van der Waals surface area contributed by atoms with Crippen LogP contribution in [0.3, 0.4) is 0 Å². The van der Waals surface area contributed by atoms with E-state index >= 15 is 0 Å². The van der Waals surface area contributed by atoms with Crippen molar-refractivity contribution >= 4 is 0 Å². The third kappa shape index (κ3) is 12.3. The maximum atomic E-state index is 7.02. The van der Waals surface area contributed by atoms with E-state index in [1.54, 1.807) is 11.1 Å². The van der Waals surface area contributed by atoms with Gasteiger partial charge >= 0.3 is 0 Å². The van der Waals surface area contributed by atoms with Crippen molar-refractivity contribution < 1.29 is 4.74 Å². The zero-order valence-corrected chi connectivity index (χ0v) is 35.4. The molecule has 0 heterocycles. The average molecular weight is 739 g/mol. The van der Waals surface area contributed by atoms with E-state index in [0.29, 0.717) is 0 Å². The van der Waals surface area contributed by atoms with E-state index in [9.17, 15) is 0 Å². The van der Waals surface area contributed by atoms with Crippen molar-refractivity contribution in [2.24, 2.45) is 11.8 Å². The summed E-state index contributed by atoms with van der Waals surface area (Å²) in [6, 6.07) is 33.3. The summed E-state index contributed by atoms with van der Waals surface area (Å²) in [5.41, 5.74) is 11.3. The first kappa shape index (κ1) is 41.3. The summed E-state index contributed by atoms with van der Waals surface area (Å²) in [5, 5.41) is 0. The van der Waals surface area contributed by atoms with Crippen LogP contribution >= 0.6 is 0 Å². The molecule has 6 rings (SSSR count). The fourth-order valence-electron chi connectivity index (χ4n) is 9.74. The molecule has 1 heteroatoms. The van der Waals surface area contributed by atoms with Crippen molar-refractivity contribution in [3.8, 4) is 11.5 Å². The van der Waals surface area contributed by atoms with E-state index in [2.05, 4.69) is 113 Å². The zero-order chi connectivity index (χ0) is 38.2. The number of hydrogen-bond donors (Lipinski definition) is 0. The molecule has 0 unspecified atom stereocenters. The summed E-state index contributed by atoms with van der Waals surface area (Å²) in [7, 11) is 0. The smallest absolute Gasteiger partial charge is 0.130 e. The molecule has 55 heavy (non-hydrogen) atoms. The van der Waals surface area contributed by atoms with Gasteiger partial charge in [-0.1, -0.05) is 152 Å². The molecule has 2 aliphatic carbocycles. The molecule has 1 nitrogen and oxygen atoms in total. The lowest BCUT2D eigenvalue weighted by Gasteiger charge is -2.29. The molecule has 4 aromatic rings. The average Bonchev–Trinajstić information content (AvgIpc) is 3.23. The second-order valence-corrected chi connectivity index (χ2v) is 17.7. The molecule has 4 aromatic carbocycles. The SMILES string of the molecule is CCCCc1ccc(Oc2ccc(CCCC)cc2Cc2ccc(C3CCC(CCCC)CC3)cc2)c(Cc2ccc(C3CCC(CCCC)CC3)cc2)c1. The Hall–Kier alpha value is -3.32. The minimum absolute atomic E-state index is 0.730. The van der Waals surface area contributed by atoms with Crippen LogP contribution in [0.1, 0.15) is 200 Å². The molecule has 0 aromatic heterocycles. The van der Waals surface area contributed by atoms with Crippen molar-refractivity contribution in [1.82, 2.24) is 0 Å². The molecule has 0 atom stereocenters. The summed E-state index contributed by atoms with van der Waals surface area (Å²) < 4.78 is 7.02. The molecule has 0 N–H and O–H groups in total. The quantitative estimate of drug-likeness (QED) is 0.0877. The summed E-state index contributed by atoms with van der Waals surface area (Å²) in [5.74, 6) is 5.38. The minimum atomic E-state index is 0.730. The number of unbranched alkanes of at least 4 members (excludes halogenated alkanes) is 4. The van der Waals surface area contributed by atoms with Crippen LogP contribution in [0.15, 0.2) is 84.9 Å². The van der Waals surface area contributed by atoms with Gasteiger partial charge in [0.2, 0.25) is 0 Å². The van der Waals surface area contributed by atoms with Crippen LogP contribution in [0.25, 0.3) is 0 Å². The lowest BCUT2D eigenvalue weighted by atomic mass is 9.77. The first-order valence-electron chi connectivity index (χ1n) is 23.1. The van der Waals surface area contributed by atoms with Gasteiger partial charge in [-0.3, -0.25) is 0 Å². The number of ether oxygens (including phenoxy) is 1. The van der Waals surface area contributed by atoms with Crippen molar-refractivity contribution in [2.75, 3.05) is 0 Å². The molecule has 296 valence electrons. The standard InChI is InChI=1S/C54H74O/c1-5-9-13-41-17-27-47(28-18-41)49-31-21-45(22-32-49)39-51-37-43(15-11-7-3)25-35-53(51)55-54-36-26-44(16-12-8-4)38-52(54)40-46-23-33-50(34-24-46)48-29-19-42(20-30-48)14-10-6-2/h21-26,31-38,41-42,47-48H,5-20,27-30,39-40H2,1-4H3. The normalized spacial score (nSPS) is 20.1. The Morgan fingerprint density at radius 3 is 1.15 bits per heavy atom. The minimum Gasteiger partial charge on any atom is -0.457 e. The van der Waals surface area contributed by atoms with E-state index in [4.69, 9.17) is 4.74 Å². The molecule has 0 radical (unpaired) electrons. The Kier molecular flexibility index (Phi) is 16.4. The van der Waals surface area contributed by atoms with Gasteiger partial charge in [-0.05, 0) is 157 Å². The Morgan fingerprint density at radius 1 is 0.418 bits per heavy atom. The molecular formula is C54H74O. The van der Waals surface area contributed by atoms with Gasteiger partial charge in [0.05, 0.1) is 0 Å². The highest BCUT2D eigenvalue weighted by atomic mass is 16.5. The van der Waals surface area contributed by atoms with Crippen molar-refractivity contribution in [1.29, 1.82) is 0 Å². The van der Waals surface area contributed by atoms with Gasteiger partial charge in [0.15, 0.2) is 0 Å². The first-order chi connectivity index (χ1) is 27.0. The fraction of sp³-hybridized carbons (Fsp3) is 0.556. The summed E-state index contributed by atoms with van der Waals surface area (Å²) in [4.78, 5) is 0. The second-order valence-electron chi connectivity index (χ2n) is 17.7. The topological polar surface area (TPSA) is 9.23 Å². The van der Waals surface area contributed by atoms with Crippen LogP contribution < -0.4 is 4.74 Å². The molecule has 2 saturated carbocycles. The number of hydrogen-bond acceptors (Lipinski definition) is 1. The highest BCUT2D eigenvalue weighted by molar-refractivity contribution is 5.48. The third-order valence-electron chi connectivity index (χ3n) is 13.4. The van der Waals surface area contributed by atoms with Crippen molar-refractivity contribution in [3.63, 3.8) is 0 Å². The van der Waals surface area contributed by atoms with Crippen LogP contribution in [0.2, 0.25) is 0 Å². The van der Waals surface area contributed by atoms with Crippen LogP contribution in [0, 0.1) is 11.8 Å². The maximum Gasteiger partial charge on any atom is 0.130 e. The monoisotopic (exact) mass is 739 g/mol. The predicted molar refractivity (Wildman–Crippen MR) is 237 cm³/mol. The Morgan fingerprint density at radius 2 is 0.782 bits per heavy atom. The van der Waals surface area contributed by atoms with E-state index in [0.717, 1.165) is 60.9 Å². The van der Waals surface area contributed by atoms with Crippen LogP contribution in [0.4, 0.5) is 0 Å². The summed E-state index contributed by atoms with van der Waals surface area (Å²) in [6.45, 7) is 9.23. The Labute approximate surface area is 337 Å². The fourth-order valence-corrected chi connectivity index (χ4v) is 9.74. The molecule has 2 fully saturated rings. The maximum absolute atomic E-state index is 7.02. The third-order valence-corrected chi connectivity index (χ3v) is 13.4. The van der Waals surface area contributed by atoms with E-state index in [1.807, 2.05) is 0 Å². The number of rotatable bonds is 20. The molecular weight excluding hydrogens is 665 g/mol. The van der Waals surface area contributed by atoms with Gasteiger partial charge in [-0.25, -0.2) is 0 Å². The van der Waals surface area contributed by atoms with Gasteiger partial charge in [0.1, 0.15) is 11.5 Å². The lowest BCUT2D eigenvalue weighted by Crippen LogP contribution is -2.13. The van der Waals surface area contributed by atoms with Gasteiger partial charge in [-0.2, -0.15) is 0 Å². The molecule has 0 bridgehead atoms. The van der Waals surface area contributed by atoms with Gasteiger partial charge < -0.3 is 4.74 Å². The summed E-state index contributed by atoms with van der Waals surface area (Å²) >= 11 is 0. The summed E-state index contributed by atoms with van der Waals surface area (Å²) in [6.07, 6.45) is 28.3. The van der Waals surface area contributed by atoms with Gasteiger partial charge in [0.25, 0.3) is 0 Å². The van der Waals surface area contributed by atoms with Crippen LogP contribution in [0.5, 0.6) is 11.5 Å². The molecule has 0 saturated heterocycles. The largest absolute Gasteiger partial charge is 0.457 e. The van der Waals surface area contributed by atoms with E-state index < -0.39 is 0 Å². The van der Waals surface area contributed by atoms with E-state index in [-0.39, 0.29) is 0 Å². The van der Waals surface area contributed by atoms with Crippen LogP contribution in [-0.2, 0) is 25.7 Å². The highest BCUT2D eigenvalue weighted by Crippen LogP contribution is 2.40. The number of aryl methyl sites for hydroxylation is 2. The number of benzene rings is 4. The second kappa shape index (κ2) is 21.8. The molecule has 0 aliphatic heterocycles. The zero-order valence-electron chi connectivity index (χ0n) is 35.4. The predicted octanol–water partition coefficient (Wildman–Crippen LogP) is 16.3. The first-order valence-corrected chi connectivity index (χ1v) is 23.1. The Bertz CT molecular complexity index is 1550. The van der Waals surface area contributed by atoms with Crippen LogP contribution in [-0.4, -0.2) is 0 Å². The highest BCUT2D eigenvalue weighted by Gasteiger charge is 2.23. The van der Waals surface area contributed by atoms with Gasteiger partial charge in [0, 0.05) is 12.8 Å². The van der Waals surface area contributed by atoms with E-state index in [1.165, 1.54) is 149 Å². The van der Waals surface area contributed by atoms with Gasteiger partial charge in [-0.15, -0.1) is 0 Å². The molecule has 0 amide bonds.